The number of hydrogen-bond acceptors (Lipinski definition) is 5. The van der Waals surface area contributed by atoms with E-state index < -0.39 is 11.9 Å². The maximum Gasteiger partial charge on any atom is 0.335 e. The van der Waals surface area contributed by atoms with E-state index in [1.165, 1.54) is 0 Å². The molecule has 198 valence electrons. The molecule has 1 saturated carbocycles. The van der Waals surface area contributed by atoms with Crippen LogP contribution in [-0.4, -0.2) is 28.4 Å². The molecule has 5 rings (SSSR count). The number of carbonyl (C=O) groups is 3. The van der Waals surface area contributed by atoms with Gasteiger partial charge in [-0.05, 0) is 75.0 Å². The first-order chi connectivity index (χ1) is 17.8. The number of hydrogen-bond donors (Lipinski definition) is 1. The molecule has 1 N–H and O–H groups in total. The Labute approximate surface area is 231 Å². The highest BCUT2D eigenvalue weighted by atomic mass is 79.9. The first-order valence-electron chi connectivity index (χ1n) is 12.9. The van der Waals surface area contributed by atoms with Crippen LogP contribution in [0.2, 0.25) is 0 Å². The molecule has 3 aliphatic rings. The van der Waals surface area contributed by atoms with Crippen LogP contribution in [0.15, 0.2) is 63.2 Å². The lowest BCUT2D eigenvalue weighted by Gasteiger charge is -2.44. The Bertz CT molecular complexity index is 1400. The van der Waals surface area contributed by atoms with E-state index >= 15 is 0 Å². The molecule has 0 saturated heterocycles. The van der Waals surface area contributed by atoms with Gasteiger partial charge >= 0.3 is 5.97 Å². The molecule has 0 bridgehead atoms. The number of fused-ring (bicyclic) bond motifs is 1. The highest BCUT2D eigenvalue weighted by Gasteiger charge is 2.49. The molecule has 1 fully saturated rings. The normalized spacial score (nSPS) is 23.9. The Morgan fingerprint density at radius 1 is 0.974 bits per heavy atom. The van der Waals surface area contributed by atoms with Crippen molar-refractivity contribution in [2.75, 3.05) is 0 Å². The highest BCUT2D eigenvalue weighted by molar-refractivity contribution is 9.10. The zero-order chi connectivity index (χ0) is 27.4. The van der Waals surface area contributed by atoms with E-state index in [9.17, 15) is 14.4 Å². The lowest BCUT2D eigenvalue weighted by molar-refractivity contribution is -0.124. The maximum absolute atomic E-state index is 13.5. The molecule has 2 aliphatic carbocycles. The monoisotopic (exact) mass is 577 g/mol. The molecule has 0 radical (unpaired) electrons. The van der Waals surface area contributed by atoms with Gasteiger partial charge < -0.3 is 9.84 Å². The fraction of sp³-hybridized carbons (Fsp3) is 0.419. The maximum atomic E-state index is 13.5. The van der Waals surface area contributed by atoms with Crippen LogP contribution in [-0.2, 0) is 16.2 Å². The van der Waals surface area contributed by atoms with E-state index in [-0.39, 0.29) is 40.5 Å². The minimum absolute atomic E-state index is 0.0861. The number of ketones is 2. The molecule has 6 nitrogen and oxygen atoms in total. The Balaban J connectivity index is 1.47. The number of halogens is 1. The number of benzene rings is 2. The van der Waals surface area contributed by atoms with Crippen molar-refractivity contribution in [1.29, 1.82) is 0 Å². The molecular formula is C31H32BrNO5. The third-order valence-electron chi connectivity index (χ3n) is 7.75. The molecule has 7 heteroatoms. The minimum Gasteiger partial charge on any atom is -0.488 e. The zero-order valence-electron chi connectivity index (χ0n) is 22.1. The summed E-state index contributed by atoms with van der Waals surface area (Å²) in [5.74, 6) is -0.873. The molecular weight excluding hydrogens is 546 g/mol. The van der Waals surface area contributed by atoms with Crippen molar-refractivity contribution < 1.29 is 24.2 Å². The summed E-state index contributed by atoms with van der Waals surface area (Å²) in [6.07, 6.45) is 2.38. The third kappa shape index (κ3) is 5.13. The lowest BCUT2D eigenvalue weighted by Crippen LogP contribution is -2.45. The predicted molar refractivity (Wildman–Crippen MR) is 149 cm³/mol. The van der Waals surface area contributed by atoms with Crippen LogP contribution in [0.4, 0.5) is 0 Å². The quantitative estimate of drug-likeness (QED) is 0.416. The van der Waals surface area contributed by atoms with Gasteiger partial charge in [-0.2, -0.15) is 0 Å². The Morgan fingerprint density at radius 3 is 2.32 bits per heavy atom. The van der Waals surface area contributed by atoms with Crippen molar-refractivity contribution in [2.24, 2.45) is 21.7 Å². The molecule has 38 heavy (non-hydrogen) atoms. The minimum atomic E-state index is -0.968. The summed E-state index contributed by atoms with van der Waals surface area (Å²) in [7, 11) is 0. The van der Waals surface area contributed by atoms with Gasteiger partial charge in [-0.1, -0.05) is 45.9 Å². The SMILES string of the molecule is CC1(C)CC(=O)C2C(=NC3=C(C(=O)CC(C)(C)C3)[C@H]2c2ccc(OCc3ccc(C(=O)O)cc3)c(Br)c2)C1. The van der Waals surface area contributed by atoms with Crippen molar-refractivity contribution >= 4 is 39.2 Å². The third-order valence-corrected chi connectivity index (χ3v) is 8.37. The largest absolute Gasteiger partial charge is 0.488 e. The second kappa shape index (κ2) is 9.60. The number of Topliss-reactive ketones (excluding diaryl/α,β-unsaturated/α-hetero) is 2. The number of aliphatic imine (C=N–C) groups is 1. The second-order valence-corrected chi connectivity index (χ2v) is 13.2. The fourth-order valence-electron chi connectivity index (χ4n) is 6.10. The molecule has 2 aromatic rings. The van der Waals surface area contributed by atoms with E-state index in [1.54, 1.807) is 24.3 Å². The number of rotatable bonds is 5. The number of carbonyl (C=O) groups excluding carboxylic acids is 2. The van der Waals surface area contributed by atoms with Crippen LogP contribution < -0.4 is 4.74 Å². The highest BCUT2D eigenvalue weighted by Crippen LogP contribution is 2.52. The predicted octanol–water partition coefficient (Wildman–Crippen LogP) is 6.91. The van der Waals surface area contributed by atoms with Gasteiger partial charge in [0, 0.05) is 35.7 Å². The van der Waals surface area contributed by atoms with Gasteiger partial charge in [-0.3, -0.25) is 14.6 Å². The van der Waals surface area contributed by atoms with Crippen molar-refractivity contribution in [3.05, 3.63) is 74.9 Å². The van der Waals surface area contributed by atoms with Crippen molar-refractivity contribution in [3.63, 3.8) is 0 Å². The van der Waals surface area contributed by atoms with Crippen LogP contribution in [0.3, 0.4) is 0 Å². The van der Waals surface area contributed by atoms with Crippen LogP contribution in [0.5, 0.6) is 5.75 Å². The fourth-order valence-corrected chi connectivity index (χ4v) is 6.61. The van der Waals surface area contributed by atoms with Crippen molar-refractivity contribution in [1.82, 2.24) is 0 Å². The van der Waals surface area contributed by atoms with Crippen LogP contribution >= 0.6 is 15.9 Å². The molecule has 2 aromatic carbocycles. The van der Waals surface area contributed by atoms with Crippen LogP contribution in [0.1, 0.15) is 80.8 Å². The molecule has 1 heterocycles. The molecule has 1 aliphatic heterocycles. The molecule has 1 unspecified atom stereocenters. The Morgan fingerprint density at radius 2 is 1.66 bits per heavy atom. The van der Waals surface area contributed by atoms with Gasteiger partial charge in [0.2, 0.25) is 0 Å². The number of ether oxygens (including phenoxy) is 1. The van der Waals surface area contributed by atoms with Gasteiger partial charge in [0.25, 0.3) is 0 Å². The van der Waals surface area contributed by atoms with Gasteiger partial charge in [-0.25, -0.2) is 4.79 Å². The van der Waals surface area contributed by atoms with Crippen molar-refractivity contribution in [3.8, 4) is 5.75 Å². The summed E-state index contributed by atoms with van der Waals surface area (Å²) < 4.78 is 6.74. The summed E-state index contributed by atoms with van der Waals surface area (Å²) in [5.41, 5.74) is 4.11. The second-order valence-electron chi connectivity index (χ2n) is 12.3. The average Bonchev–Trinajstić information content (AvgIpc) is 2.80. The topological polar surface area (TPSA) is 93.0 Å². The van der Waals surface area contributed by atoms with Crippen molar-refractivity contribution in [2.45, 2.75) is 65.9 Å². The van der Waals surface area contributed by atoms with Gasteiger partial charge in [0.15, 0.2) is 5.78 Å². The van der Waals surface area contributed by atoms with E-state index in [1.807, 2.05) is 18.2 Å². The summed E-state index contributed by atoms with van der Waals surface area (Å²) in [5, 5.41) is 9.09. The Kier molecular flexibility index (Phi) is 6.70. The zero-order valence-corrected chi connectivity index (χ0v) is 23.7. The van der Waals surface area contributed by atoms with Crippen LogP contribution in [0.25, 0.3) is 0 Å². The van der Waals surface area contributed by atoms with E-state index in [0.29, 0.717) is 24.2 Å². The van der Waals surface area contributed by atoms with Gasteiger partial charge in [0.05, 0.1) is 16.0 Å². The number of aromatic carboxylic acids is 1. The summed E-state index contributed by atoms with van der Waals surface area (Å²) in [4.78, 5) is 43.1. The van der Waals surface area contributed by atoms with E-state index in [2.05, 4.69) is 43.6 Å². The lowest BCUT2D eigenvalue weighted by atomic mass is 9.60. The van der Waals surface area contributed by atoms with E-state index in [0.717, 1.165) is 39.8 Å². The average molecular weight is 579 g/mol. The first kappa shape index (κ1) is 26.5. The standard InChI is InChI=1S/C31H32BrNO5/c1-30(2)12-21-27(23(34)14-30)26(28-22(33-21)13-31(3,4)15-24(28)35)19-9-10-25(20(32)11-19)38-16-17-5-7-18(8-6-17)29(36)37/h5-11,26-27H,12-16H2,1-4H3,(H,36,37)/t26-,27?/m0/s1. The molecule has 2 atom stereocenters. The van der Waals surface area contributed by atoms with E-state index in [4.69, 9.17) is 14.8 Å². The summed E-state index contributed by atoms with van der Waals surface area (Å²) in [6, 6.07) is 12.3. The van der Waals surface area contributed by atoms with Gasteiger partial charge in [0.1, 0.15) is 18.1 Å². The number of nitrogens with zero attached hydrogens (tertiary/aromatic N) is 1. The Hall–Kier alpha value is -3.06. The smallest absolute Gasteiger partial charge is 0.335 e. The molecule has 0 aromatic heterocycles. The number of allylic oxidation sites excluding steroid dienone is 2. The van der Waals surface area contributed by atoms with Gasteiger partial charge in [-0.15, -0.1) is 0 Å². The summed E-state index contributed by atoms with van der Waals surface area (Å²) >= 11 is 3.64. The summed E-state index contributed by atoms with van der Waals surface area (Å²) in [6.45, 7) is 8.69. The number of carboxylic acid groups (broad SMARTS) is 1. The van der Waals surface area contributed by atoms with Crippen LogP contribution in [0, 0.1) is 16.7 Å². The number of carboxylic acids is 1. The first-order valence-corrected chi connectivity index (χ1v) is 13.7. The molecule has 0 amide bonds. The molecule has 0 spiro atoms.